The van der Waals surface area contributed by atoms with Crippen LogP contribution in [0.4, 0.5) is 0 Å². The second-order valence-corrected chi connectivity index (χ2v) is 6.66. The van der Waals surface area contributed by atoms with Gasteiger partial charge in [0.25, 0.3) is 0 Å². The van der Waals surface area contributed by atoms with E-state index in [0.717, 1.165) is 0 Å². The van der Waals surface area contributed by atoms with E-state index in [1.54, 1.807) is 0 Å². The highest BCUT2D eigenvalue weighted by atomic mass is 16.5. The zero-order chi connectivity index (χ0) is 13.1. The molecular weight excluding hydrogens is 198 g/mol. The Kier molecular flexibility index (Phi) is 5.06. The number of rotatable bonds is 5. The minimum Gasteiger partial charge on any atom is -0.496 e. The smallest absolute Gasteiger partial charge is 0.106 e. The van der Waals surface area contributed by atoms with E-state index in [1.807, 2.05) is 0 Å². The molecular formula is C14H29NO. The van der Waals surface area contributed by atoms with Gasteiger partial charge in [0, 0.05) is 5.41 Å². The van der Waals surface area contributed by atoms with Gasteiger partial charge in [-0.3, -0.25) is 0 Å². The monoisotopic (exact) mass is 227 g/mol. The van der Waals surface area contributed by atoms with Gasteiger partial charge in [0.05, 0.1) is 12.6 Å². The summed E-state index contributed by atoms with van der Waals surface area (Å²) in [5.74, 6) is 1.07. The molecule has 0 heterocycles. The maximum absolute atomic E-state index is 5.97. The first-order valence-corrected chi connectivity index (χ1v) is 6.06. The van der Waals surface area contributed by atoms with Crippen molar-refractivity contribution in [3.05, 3.63) is 12.3 Å². The van der Waals surface area contributed by atoms with E-state index in [1.165, 1.54) is 0 Å². The van der Waals surface area contributed by atoms with Crippen LogP contribution in [0, 0.1) is 16.7 Å². The summed E-state index contributed by atoms with van der Waals surface area (Å²) in [4.78, 5) is 0. The fraction of sp³-hybridized carbons (Fsp3) is 0.857. The molecule has 16 heavy (non-hydrogen) atoms. The lowest BCUT2D eigenvalue weighted by atomic mass is 9.70. The van der Waals surface area contributed by atoms with E-state index in [9.17, 15) is 0 Å². The predicted octanol–water partition coefficient (Wildman–Crippen LogP) is 3.57. The third-order valence-corrected chi connectivity index (χ3v) is 3.74. The van der Waals surface area contributed by atoms with Gasteiger partial charge in [-0.1, -0.05) is 55.0 Å². The van der Waals surface area contributed by atoms with Crippen LogP contribution in [0.2, 0.25) is 0 Å². The van der Waals surface area contributed by atoms with Gasteiger partial charge in [0.1, 0.15) is 5.76 Å². The van der Waals surface area contributed by atoms with Crippen LogP contribution in [0.3, 0.4) is 0 Å². The summed E-state index contributed by atoms with van der Waals surface area (Å²) < 4.78 is 5.74. The zero-order valence-corrected chi connectivity index (χ0v) is 12.1. The van der Waals surface area contributed by atoms with Gasteiger partial charge in [-0.05, 0) is 11.3 Å². The average Bonchev–Trinajstić information content (AvgIpc) is 2.11. The van der Waals surface area contributed by atoms with Gasteiger partial charge in [-0.2, -0.15) is 0 Å². The SMILES string of the molecule is C=C(OCC(C)(C)C(C)(C)C)C(N)C(C)C. The second kappa shape index (κ2) is 5.22. The molecule has 2 nitrogen and oxygen atoms in total. The van der Waals surface area contributed by atoms with Crippen LogP contribution in [0.5, 0.6) is 0 Å². The molecule has 0 aromatic carbocycles. The molecule has 0 spiro atoms. The van der Waals surface area contributed by atoms with Gasteiger partial charge in [-0.25, -0.2) is 0 Å². The Balaban J connectivity index is 4.31. The molecule has 0 saturated carbocycles. The van der Waals surface area contributed by atoms with E-state index in [4.69, 9.17) is 10.5 Å². The summed E-state index contributed by atoms with van der Waals surface area (Å²) in [6.07, 6.45) is 0. The van der Waals surface area contributed by atoms with Crippen molar-refractivity contribution in [3.8, 4) is 0 Å². The maximum Gasteiger partial charge on any atom is 0.106 e. The largest absolute Gasteiger partial charge is 0.496 e. The molecule has 1 atom stereocenters. The summed E-state index contributed by atoms with van der Waals surface area (Å²) in [6.45, 7) is 19.8. The quantitative estimate of drug-likeness (QED) is 0.729. The topological polar surface area (TPSA) is 35.2 Å². The molecule has 0 aromatic heterocycles. The number of hydrogen-bond acceptors (Lipinski definition) is 2. The lowest BCUT2D eigenvalue weighted by molar-refractivity contribution is 0.0237. The molecule has 0 fully saturated rings. The van der Waals surface area contributed by atoms with Crippen molar-refractivity contribution in [1.82, 2.24) is 0 Å². The van der Waals surface area contributed by atoms with Crippen LogP contribution in [-0.2, 0) is 4.74 Å². The lowest BCUT2D eigenvalue weighted by Crippen LogP contribution is -2.36. The van der Waals surface area contributed by atoms with Crippen LogP contribution in [0.1, 0.15) is 48.5 Å². The molecule has 0 aliphatic rings. The predicted molar refractivity (Wildman–Crippen MR) is 71.1 cm³/mol. The van der Waals surface area contributed by atoms with Crippen LogP contribution in [0.25, 0.3) is 0 Å². The van der Waals surface area contributed by atoms with E-state index < -0.39 is 0 Å². The lowest BCUT2D eigenvalue weighted by Gasteiger charge is -2.39. The maximum atomic E-state index is 5.97. The molecule has 0 aromatic rings. The first-order chi connectivity index (χ1) is 6.99. The second-order valence-electron chi connectivity index (χ2n) is 6.66. The average molecular weight is 227 g/mol. The van der Waals surface area contributed by atoms with Crippen LogP contribution < -0.4 is 5.73 Å². The molecule has 1 unspecified atom stereocenters. The first kappa shape index (κ1) is 15.5. The van der Waals surface area contributed by atoms with Crippen molar-refractivity contribution in [1.29, 1.82) is 0 Å². The normalized spacial score (nSPS) is 15.1. The Labute approximate surface area is 101 Å². The molecule has 2 heteroatoms. The van der Waals surface area contributed by atoms with Crippen LogP contribution in [-0.4, -0.2) is 12.6 Å². The van der Waals surface area contributed by atoms with Gasteiger partial charge in [-0.15, -0.1) is 0 Å². The summed E-state index contributed by atoms with van der Waals surface area (Å²) in [5.41, 5.74) is 6.28. The van der Waals surface area contributed by atoms with Gasteiger partial charge < -0.3 is 10.5 Å². The van der Waals surface area contributed by atoms with Crippen molar-refractivity contribution in [3.63, 3.8) is 0 Å². The number of ether oxygens (including phenoxy) is 1. The van der Waals surface area contributed by atoms with Crippen molar-refractivity contribution in [2.75, 3.05) is 6.61 Å². The Morgan fingerprint density at radius 2 is 1.62 bits per heavy atom. The molecule has 0 bridgehead atoms. The van der Waals surface area contributed by atoms with Gasteiger partial charge in [0.15, 0.2) is 0 Å². The molecule has 2 N–H and O–H groups in total. The highest BCUT2D eigenvalue weighted by Crippen LogP contribution is 2.38. The number of hydrogen-bond donors (Lipinski definition) is 1. The van der Waals surface area contributed by atoms with Crippen LogP contribution in [0.15, 0.2) is 12.3 Å². The summed E-state index contributed by atoms with van der Waals surface area (Å²) in [5, 5.41) is 0. The van der Waals surface area contributed by atoms with Crippen molar-refractivity contribution in [2.45, 2.75) is 54.5 Å². The van der Waals surface area contributed by atoms with Crippen LogP contribution >= 0.6 is 0 Å². The van der Waals surface area contributed by atoms with E-state index in [-0.39, 0.29) is 16.9 Å². The third-order valence-electron chi connectivity index (χ3n) is 3.74. The molecule has 96 valence electrons. The standard InChI is InChI=1S/C14H29NO/c1-10(2)12(15)11(3)16-9-14(7,8)13(4,5)6/h10,12H,3,9,15H2,1-2,4-8H3. The Hall–Kier alpha value is -0.500. The fourth-order valence-corrected chi connectivity index (χ4v) is 0.958. The first-order valence-electron chi connectivity index (χ1n) is 6.06. The van der Waals surface area contributed by atoms with E-state index in [0.29, 0.717) is 18.3 Å². The zero-order valence-electron chi connectivity index (χ0n) is 12.1. The minimum atomic E-state index is -0.0734. The number of nitrogens with two attached hydrogens (primary N) is 1. The Bertz CT molecular complexity index is 236. The van der Waals surface area contributed by atoms with E-state index in [2.05, 4.69) is 55.0 Å². The van der Waals surface area contributed by atoms with Gasteiger partial charge in [0.2, 0.25) is 0 Å². The van der Waals surface area contributed by atoms with Crippen molar-refractivity contribution < 1.29 is 4.74 Å². The highest BCUT2D eigenvalue weighted by molar-refractivity contribution is 4.97. The molecule has 0 aliphatic heterocycles. The molecule has 0 amide bonds. The molecule has 0 radical (unpaired) electrons. The molecule has 0 saturated heterocycles. The van der Waals surface area contributed by atoms with E-state index >= 15 is 0 Å². The summed E-state index contributed by atoms with van der Waals surface area (Å²) in [6, 6.07) is -0.0734. The minimum absolute atomic E-state index is 0.0734. The van der Waals surface area contributed by atoms with Gasteiger partial charge >= 0.3 is 0 Å². The molecule has 0 aliphatic carbocycles. The third kappa shape index (κ3) is 4.17. The summed E-state index contributed by atoms with van der Waals surface area (Å²) >= 11 is 0. The fourth-order valence-electron chi connectivity index (χ4n) is 0.958. The molecule has 0 rings (SSSR count). The summed E-state index contributed by atoms with van der Waals surface area (Å²) in [7, 11) is 0. The van der Waals surface area contributed by atoms with Crippen molar-refractivity contribution in [2.24, 2.45) is 22.5 Å². The van der Waals surface area contributed by atoms with Crippen molar-refractivity contribution >= 4 is 0 Å². The Morgan fingerprint density at radius 3 is 1.94 bits per heavy atom. The highest BCUT2D eigenvalue weighted by Gasteiger charge is 2.33. The Morgan fingerprint density at radius 1 is 1.19 bits per heavy atom.